The molecule has 0 saturated carbocycles. The Morgan fingerprint density at radius 1 is 1.50 bits per heavy atom. The van der Waals surface area contributed by atoms with Crippen LogP contribution in [-0.4, -0.2) is 10.1 Å². The highest BCUT2D eigenvalue weighted by molar-refractivity contribution is 5.85. The summed E-state index contributed by atoms with van der Waals surface area (Å²) in [4.78, 5) is 3.86. The van der Waals surface area contributed by atoms with Gasteiger partial charge in [-0.1, -0.05) is 5.16 Å². The predicted octanol–water partition coefficient (Wildman–Crippen LogP) is 0.805. The van der Waals surface area contributed by atoms with Gasteiger partial charge < -0.3 is 10.3 Å². The minimum absolute atomic E-state index is 0.457. The molecule has 0 aliphatic heterocycles. The Kier molecular flexibility index (Phi) is 0.887. The van der Waals surface area contributed by atoms with Crippen LogP contribution >= 0.6 is 0 Å². The van der Waals surface area contributed by atoms with Crippen LogP contribution in [0.25, 0.3) is 11.0 Å². The number of rotatable bonds is 0. The smallest absolute Gasteiger partial charge is 0.172 e. The first-order valence-electron chi connectivity index (χ1n) is 2.83. The fraction of sp³-hybridized carbons (Fsp3) is 0. The first kappa shape index (κ1) is 5.22. The lowest BCUT2D eigenvalue weighted by molar-refractivity contribution is 0.456. The zero-order valence-corrected chi connectivity index (χ0v) is 5.11. The lowest BCUT2D eigenvalue weighted by atomic mass is 10.3. The molecule has 10 heavy (non-hydrogen) atoms. The van der Waals surface area contributed by atoms with Crippen LogP contribution < -0.4 is 5.73 Å². The monoisotopic (exact) mass is 135 g/mol. The van der Waals surface area contributed by atoms with Crippen LogP contribution in [0.5, 0.6) is 0 Å². The second-order valence-corrected chi connectivity index (χ2v) is 1.93. The molecular weight excluding hydrogens is 130 g/mol. The van der Waals surface area contributed by atoms with Gasteiger partial charge in [-0.05, 0) is 0 Å². The van der Waals surface area contributed by atoms with E-state index in [1.807, 2.05) is 0 Å². The maximum absolute atomic E-state index is 5.49. The summed E-state index contributed by atoms with van der Waals surface area (Å²) in [5.41, 5.74) is 6.16. The molecule has 0 radical (unpaired) electrons. The SMILES string of the molecule is Nc1nccc2oncc12. The Morgan fingerprint density at radius 3 is 3.20 bits per heavy atom. The lowest BCUT2D eigenvalue weighted by Crippen LogP contribution is -1.87. The maximum Gasteiger partial charge on any atom is 0.172 e. The number of anilines is 1. The fourth-order valence-electron chi connectivity index (χ4n) is 0.816. The summed E-state index contributed by atoms with van der Waals surface area (Å²) < 4.78 is 4.83. The molecule has 0 unspecified atom stereocenters. The van der Waals surface area contributed by atoms with Crippen molar-refractivity contribution in [3.63, 3.8) is 0 Å². The van der Waals surface area contributed by atoms with E-state index in [0.717, 1.165) is 5.39 Å². The Labute approximate surface area is 56.6 Å². The molecule has 0 bridgehead atoms. The van der Waals surface area contributed by atoms with Crippen LogP contribution in [0, 0.1) is 0 Å². The number of hydrogen-bond donors (Lipinski definition) is 1. The molecule has 4 heteroatoms. The maximum atomic E-state index is 5.49. The quantitative estimate of drug-likeness (QED) is 0.580. The second-order valence-electron chi connectivity index (χ2n) is 1.93. The van der Waals surface area contributed by atoms with Crippen molar-refractivity contribution >= 4 is 16.8 Å². The first-order valence-corrected chi connectivity index (χ1v) is 2.83. The molecule has 2 aromatic heterocycles. The van der Waals surface area contributed by atoms with Crippen LogP contribution in [0.2, 0.25) is 0 Å². The van der Waals surface area contributed by atoms with Crippen LogP contribution in [-0.2, 0) is 0 Å². The van der Waals surface area contributed by atoms with E-state index in [0.29, 0.717) is 11.4 Å². The molecule has 50 valence electrons. The Balaban J connectivity index is 2.95. The molecule has 0 saturated heterocycles. The van der Waals surface area contributed by atoms with Crippen molar-refractivity contribution in [3.8, 4) is 0 Å². The fourth-order valence-corrected chi connectivity index (χ4v) is 0.816. The highest BCUT2D eigenvalue weighted by atomic mass is 16.5. The third kappa shape index (κ3) is 0.556. The summed E-state index contributed by atoms with van der Waals surface area (Å²) >= 11 is 0. The van der Waals surface area contributed by atoms with Crippen molar-refractivity contribution in [1.82, 2.24) is 10.1 Å². The Bertz CT molecular complexity index is 355. The summed E-state index contributed by atoms with van der Waals surface area (Å²) in [5, 5.41) is 4.33. The molecule has 4 nitrogen and oxygen atoms in total. The zero-order chi connectivity index (χ0) is 6.97. The normalized spacial score (nSPS) is 10.4. The minimum atomic E-state index is 0.457. The van der Waals surface area contributed by atoms with E-state index < -0.39 is 0 Å². The van der Waals surface area contributed by atoms with E-state index in [1.165, 1.54) is 0 Å². The molecule has 0 fully saturated rings. The molecule has 2 aromatic rings. The topological polar surface area (TPSA) is 64.9 Å². The third-order valence-corrected chi connectivity index (χ3v) is 1.31. The molecule has 0 aliphatic rings. The third-order valence-electron chi connectivity index (χ3n) is 1.31. The summed E-state index contributed by atoms with van der Waals surface area (Å²) in [7, 11) is 0. The van der Waals surface area contributed by atoms with E-state index in [1.54, 1.807) is 18.5 Å². The van der Waals surface area contributed by atoms with Gasteiger partial charge in [0.2, 0.25) is 0 Å². The summed E-state index contributed by atoms with van der Waals surface area (Å²) in [6.07, 6.45) is 3.14. The van der Waals surface area contributed by atoms with Crippen LogP contribution in [0.4, 0.5) is 5.82 Å². The number of nitrogens with two attached hydrogens (primary N) is 1. The Hall–Kier alpha value is -1.58. The van der Waals surface area contributed by atoms with Gasteiger partial charge in [-0.15, -0.1) is 0 Å². The average molecular weight is 135 g/mol. The van der Waals surface area contributed by atoms with Gasteiger partial charge in [0, 0.05) is 12.3 Å². The van der Waals surface area contributed by atoms with Gasteiger partial charge in [-0.25, -0.2) is 4.98 Å². The molecule has 0 aromatic carbocycles. The lowest BCUT2D eigenvalue weighted by Gasteiger charge is -1.88. The molecular formula is C6H5N3O. The minimum Gasteiger partial charge on any atom is -0.383 e. The number of nitrogens with zero attached hydrogens (tertiary/aromatic N) is 2. The average Bonchev–Trinajstić information content (AvgIpc) is 2.36. The number of fused-ring (bicyclic) bond motifs is 1. The summed E-state index contributed by atoms with van der Waals surface area (Å²) in [6, 6.07) is 1.72. The molecule has 0 spiro atoms. The first-order chi connectivity index (χ1) is 4.88. The van der Waals surface area contributed by atoms with E-state index in [9.17, 15) is 0 Å². The molecule has 2 N–H and O–H groups in total. The van der Waals surface area contributed by atoms with Gasteiger partial charge in [0.25, 0.3) is 0 Å². The molecule has 0 aliphatic carbocycles. The van der Waals surface area contributed by atoms with Crippen molar-refractivity contribution in [2.45, 2.75) is 0 Å². The van der Waals surface area contributed by atoms with Gasteiger partial charge >= 0.3 is 0 Å². The number of aromatic nitrogens is 2. The van der Waals surface area contributed by atoms with Crippen molar-refractivity contribution in [1.29, 1.82) is 0 Å². The standard InChI is InChI=1S/C6H5N3O/c7-6-4-3-9-10-5(4)1-2-8-6/h1-3H,(H2,7,8). The van der Waals surface area contributed by atoms with Gasteiger partial charge in [0.15, 0.2) is 5.58 Å². The Morgan fingerprint density at radius 2 is 2.40 bits per heavy atom. The molecule has 2 rings (SSSR count). The van der Waals surface area contributed by atoms with Gasteiger partial charge in [-0.3, -0.25) is 0 Å². The van der Waals surface area contributed by atoms with E-state index in [2.05, 4.69) is 10.1 Å². The van der Waals surface area contributed by atoms with E-state index >= 15 is 0 Å². The van der Waals surface area contributed by atoms with Crippen LogP contribution in [0.3, 0.4) is 0 Å². The van der Waals surface area contributed by atoms with Gasteiger partial charge in [0.1, 0.15) is 5.82 Å². The highest BCUT2D eigenvalue weighted by Gasteiger charge is 2.00. The molecule has 2 heterocycles. The van der Waals surface area contributed by atoms with Crippen LogP contribution in [0.1, 0.15) is 0 Å². The van der Waals surface area contributed by atoms with Crippen molar-refractivity contribution in [3.05, 3.63) is 18.5 Å². The van der Waals surface area contributed by atoms with E-state index in [-0.39, 0.29) is 0 Å². The highest BCUT2D eigenvalue weighted by Crippen LogP contribution is 2.16. The molecule has 0 atom stereocenters. The van der Waals surface area contributed by atoms with Crippen molar-refractivity contribution in [2.75, 3.05) is 5.73 Å². The van der Waals surface area contributed by atoms with Crippen molar-refractivity contribution < 1.29 is 4.52 Å². The molecule has 0 amide bonds. The largest absolute Gasteiger partial charge is 0.383 e. The summed E-state index contributed by atoms with van der Waals surface area (Å²) in [5.74, 6) is 0.457. The van der Waals surface area contributed by atoms with Gasteiger partial charge in [0.05, 0.1) is 11.6 Å². The number of nitrogen functional groups attached to an aromatic ring is 1. The second kappa shape index (κ2) is 1.70. The van der Waals surface area contributed by atoms with Gasteiger partial charge in [-0.2, -0.15) is 0 Å². The van der Waals surface area contributed by atoms with E-state index in [4.69, 9.17) is 10.3 Å². The summed E-state index contributed by atoms with van der Waals surface area (Å²) in [6.45, 7) is 0. The number of pyridine rings is 1. The van der Waals surface area contributed by atoms with Crippen LogP contribution in [0.15, 0.2) is 23.0 Å². The zero-order valence-electron chi connectivity index (χ0n) is 5.11. The van der Waals surface area contributed by atoms with Crippen molar-refractivity contribution in [2.24, 2.45) is 0 Å². The predicted molar refractivity (Wildman–Crippen MR) is 36.2 cm³/mol. The number of hydrogen-bond acceptors (Lipinski definition) is 4.